The summed E-state index contributed by atoms with van der Waals surface area (Å²) in [4.78, 5) is 15.5. The van der Waals surface area contributed by atoms with Crippen molar-refractivity contribution >= 4 is 17.5 Å². The second kappa shape index (κ2) is 8.06. The number of halogens is 4. The summed E-state index contributed by atoms with van der Waals surface area (Å²) in [5.41, 5.74) is 0.239. The lowest BCUT2D eigenvalue weighted by molar-refractivity contribution is -0.137. The van der Waals surface area contributed by atoms with Crippen LogP contribution in [0.1, 0.15) is 58.8 Å². The molecule has 7 heteroatoms. The zero-order chi connectivity index (χ0) is 22.4. The predicted molar refractivity (Wildman–Crippen MR) is 115 cm³/mol. The number of carbonyl (C=O) groups is 1. The monoisotopic (exact) mass is 449 g/mol. The molecule has 0 aromatic heterocycles. The van der Waals surface area contributed by atoms with Gasteiger partial charge in [0.15, 0.2) is 0 Å². The molecule has 166 valence electrons. The molecule has 2 aromatic rings. The molecule has 2 heterocycles. The summed E-state index contributed by atoms with van der Waals surface area (Å²) >= 11 is 6.03. The molecule has 0 spiro atoms. The Bertz CT molecular complexity index is 983. The summed E-state index contributed by atoms with van der Waals surface area (Å²) in [5, 5.41) is 2.48. The fraction of sp³-hybridized carbons (Fsp3) is 0.417. The third-order valence-corrected chi connectivity index (χ3v) is 7.32. The van der Waals surface area contributed by atoms with E-state index in [0.717, 1.165) is 49.4 Å². The van der Waals surface area contributed by atoms with Gasteiger partial charge in [0.1, 0.15) is 0 Å². The Hall–Kier alpha value is -2.18. The van der Waals surface area contributed by atoms with E-state index in [1.807, 2.05) is 24.3 Å². The molecule has 0 radical (unpaired) electrons. The van der Waals surface area contributed by atoms with E-state index >= 15 is 0 Å². The number of amides is 1. The highest BCUT2D eigenvalue weighted by Gasteiger charge is 2.50. The molecule has 5 rings (SSSR count). The van der Waals surface area contributed by atoms with Crippen molar-refractivity contribution in [2.24, 2.45) is 5.92 Å². The van der Waals surface area contributed by atoms with E-state index in [1.165, 1.54) is 12.1 Å². The lowest BCUT2D eigenvalue weighted by Crippen LogP contribution is -2.62. The van der Waals surface area contributed by atoms with Crippen molar-refractivity contribution in [2.45, 2.75) is 43.4 Å². The highest BCUT2D eigenvalue weighted by atomic mass is 35.5. The van der Waals surface area contributed by atoms with Crippen molar-refractivity contribution in [3.63, 3.8) is 0 Å². The molecule has 3 nitrogen and oxygen atoms in total. The number of piperidine rings is 2. The molecular formula is C24H25ClF3N2O-. The summed E-state index contributed by atoms with van der Waals surface area (Å²) in [6.45, 7) is 4.95. The van der Waals surface area contributed by atoms with Crippen LogP contribution < -0.4 is 5.32 Å². The number of hydrogen-bond donors (Lipinski definition) is 1. The van der Waals surface area contributed by atoms with Gasteiger partial charge in [-0.2, -0.15) is 37.8 Å². The number of likely N-dealkylation sites (N-methyl/N-ethyl adjacent to an activating group) is 1. The average molecular weight is 450 g/mol. The van der Waals surface area contributed by atoms with Crippen LogP contribution in [0, 0.1) is 12.8 Å². The Morgan fingerprint density at radius 3 is 2.52 bits per heavy atom. The minimum absolute atomic E-state index is 0.171. The molecule has 2 aliphatic heterocycles. The molecule has 2 aromatic carbocycles. The fourth-order valence-corrected chi connectivity index (χ4v) is 5.57. The lowest BCUT2D eigenvalue weighted by atomic mass is 9.65. The zero-order valence-corrected chi connectivity index (χ0v) is 18.1. The van der Waals surface area contributed by atoms with Gasteiger partial charge in [0.05, 0.1) is 22.2 Å². The first kappa shape index (κ1) is 22.0. The molecule has 1 atom stereocenters. The van der Waals surface area contributed by atoms with Crippen LogP contribution in [0.3, 0.4) is 0 Å². The van der Waals surface area contributed by atoms with Gasteiger partial charge >= 0.3 is 6.18 Å². The minimum Gasteiger partial charge on any atom is -0.344 e. The number of nitrogens with one attached hydrogen (secondary N) is 1. The zero-order valence-electron chi connectivity index (χ0n) is 17.3. The molecule has 1 amide bonds. The second-order valence-corrected chi connectivity index (χ2v) is 9.12. The maximum absolute atomic E-state index is 13.3. The van der Waals surface area contributed by atoms with Gasteiger partial charge < -0.3 is 5.32 Å². The van der Waals surface area contributed by atoms with Gasteiger partial charge in [0.2, 0.25) is 0 Å². The number of hydrogen-bond acceptors (Lipinski definition) is 2. The molecule has 1 saturated carbocycles. The van der Waals surface area contributed by atoms with Crippen LogP contribution in [0.25, 0.3) is 0 Å². The summed E-state index contributed by atoms with van der Waals surface area (Å²) in [5.74, 6) is 0.0475. The third kappa shape index (κ3) is 4.03. The Balaban J connectivity index is 1.73. The number of alkyl halides is 3. The number of fused-ring (bicyclic) bond motifs is 3. The first-order chi connectivity index (χ1) is 14.6. The molecule has 3 aliphatic rings. The van der Waals surface area contributed by atoms with E-state index in [2.05, 4.69) is 24.2 Å². The summed E-state index contributed by atoms with van der Waals surface area (Å²) in [7, 11) is 2.07. The highest BCUT2D eigenvalue weighted by Crippen LogP contribution is 2.49. The predicted octanol–water partition coefficient (Wildman–Crippen LogP) is 5.89. The Kier molecular flexibility index (Phi) is 5.73. The van der Waals surface area contributed by atoms with Crippen LogP contribution in [0.2, 0.25) is 5.02 Å². The van der Waals surface area contributed by atoms with Gasteiger partial charge in [0.25, 0.3) is 5.91 Å². The van der Waals surface area contributed by atoms with Crippen molar-refractivity contribution in [2.75, 3.05) is 13.6 Å². The van der Waals surface area contributed by atoms with Crippen LogP contribution in [0.15, 0.2) is 42.5 Å². The van der Waals surface area contributed by atoms with Crippen molar-refractivity contribution < 1.29 is 18.0 Å². The lowest BCUT2D eigenvalue weighted by Gasteiger charge is -2.57. The maximum atomic E-state index is 13.3. The molecule has 1 aliphatic carbocycles. The summed E-state index contributed by atoms with van der Waals surface area (Å²) < 4.78 is 39.9. The number of rotatable bonds is 4. The molecule has 2 saturated heterocycles. The largest absolute Gasteiger partial charge is 0.417 e. The average Bonchev–Trinajstić information content (AvgIpc) is 2.72. The van der Waals surface area contributed by atoms with Gasteiger partial charge in [-0.25, -0.2) is 0 Å². The molecular weight excluding hydrogens is 425 g/mol. The third-order valence-electron chi connectivity index (χ3n) is 6.91. The molecule has 3 fully saturated rings. The van der Waals surface area contributed by atoms with E-state index in [0.29, 0.717) is 5.92 Å². The quantitative estimate of drug-likeness (QED) is 0.590. The number of carbonyl (C=O) groups excluding carboxylic acids is 1. The number of benzene rings is 2. The molecule has 31 heavy (non-hydrogen) atoms. The maximum Gasteiger partial charge on any atom is 0.417 e. The van der Waals surface area contributed by atoms with Crippen LogP contribution >= 0.6 is 11.6 Å². The Morgan fingerprint density at radius 1 is 1.23 bits per heavy atom. The SMILES string of the molecule is [CH2-]c1cccc(C(NC(=O)c2cccc(C(F)(F)F)c2Cl)C23CCC(CC2)CN3C)c1. The van der Waals surface area contributed by atoms with Gasteiger partial charge in [-0.15, -0.1) is 6.07 Å². The van der Waals surface area contributed by atoms with Gasteiger partial charge in [0, 0.05) is 12.1 Å². The Morgan fingerprint density at radius 2 is 1.90 bits per heavy atom. The highest BCUT2D eigenvalue weighted by molar-refractivity contribution is 6.34. The molecule has 2 bridgehead atoms. The normalized spacial score (nSPS) is 24.7. The first-order valence-corrected chi connectivity index (χ1v) is 10.8. The van der Waals surface area contributed by atoms with Gasteiger partial charge in [-0.1, -0.05) is 29.3 Å². The van der Waals surface area contributed by atoms with Crippen LogP contribution in [-0.2, 0) is 6.18 Å². The minimum atomic E-state index is -4.63. The topological polar surface area (TPSA) is 32.3 Å². The second-order valence-electron chi connectivity index (χ2n) is 8.74. The van der Waals surface area contributed by atoms with Gasteiger partial charge in [-0.05, 0) is 50.8 Å². The van der Waals surface area contributed by atoms with Crippen LogP contribution in [0.5, 0.6) is 0 Å². The van der Waals surface area contributed by atoms with Crippen molar-refractivity contribution in [1.29, 1.82) is 0 Å². The van der Waals surface area contributed by atoms with E-state index in [1.54, 1.807) is 0 Å². The van der Waals surface area contributed by atoms with Crippen molar-refractivity contribution in [3.8, 4) is 0 Å². The molecule has 1 unspecified atom stereocenters. The van der Waals surface area contributed by atoms with E-state index in [9.17, 15) is 18.0 Å². The van der Waals surface area contributed by atoms with Crippen molar-refractivity contribution in [1.82, 2.24) is 10.2 Å². The fourth-order valence-electron chi connectivity index (χ4n) is 5.26. The van der Waals surface area contributed by atoms with E-state index in [4.69, 9.17) is 11.6 Å². The van der Waals surface area contributed by atoms with Gasteiger partial charge in [-0.3, -0.25) is 9.69 Å². The van der Waals surface area contributed by atoms with Crippen LogP contribution in [0.4, 0.5) is 13.2 Å². The first-order valence-electron chi connectivity index (χ1n) is 10.4. The van der Waals surface area contributed by atoms with E-state index in [-0.39, 0.29) is 11.1 Å². The van der Waals surface area contributed by atoms with Crippen molar-refractivity contribution in [3.05, 3.63) is 76.7 Å². The molecule has 1 N–H and O–H groups in total. The smallest absolute Gasteiger partial charge is 0.344 e. The standard InChI is InChI=1S/C24H25ClF3N2O/c1-15-5-3-6-17(13-15)21(23-11-9-16(10-12-23)14-30(23)2)29-22(31)18-7-4-8-19(20(18)25)24(26,27)28/h3-8,13,16,21H,1,9-12,14H2,2H3,(H,29,31)/q-1. The summed E-state index contributed by atoms with van der Waals surface area (Å²) in [6, 6.07) is 10.7. The van der Waals surface area contributed by atoms with Crippen LogP contribution in [-0.4, -0.2) is 29.9 Å². The number of nitrogens with zero attached hydrogens (tertiary/aromatic N) is 1. The van der Waals surface area contributed by atoms with E-state index < -0.39 is 28.7 Å². The Labute approximate surface area is 185 Å². The summed E-state index contributed by atoms with van der Waals surface area (Å²) in [6.07, 6.45) is -0.653.